The molecule has 58 valence electrons. The minimum Gasteiger partial charge on any atom is -0.517 e. The molecule has 12 heavy (non-hydrogen) atoms. The van der Waals surface area contributed by atoms with Crippen LogP contribution in [0.5, 0.6) is 17.2 Å². The van der Waals surface area contributed by atoms with Gasteiger partial charge in [-0.2, -0.15) is 0 Å². The SMILES string of the molecule is O=[C-]c1cc(O)c(O)c(O)c1.[Na+]. The number of carbonyl (C=O) groups excluding carboxylic acids is 1. The predicted octanol–water partition coefficient (Wildman–Crippen LogP) is -2.73. The number of benzene rings is 1. The number of phenolic OH excluding ortho intramolecular Hbond substituents is 3. The molecule has 1 aromatic rings. The van der Waals surface area contributed by atoms with Gasteiger partial charge in [0.1, 0.15) is 11.5 Å². The van der Waals surface area contributed by atoms with E-state index in [2.05, 4.69) is 0 Å². The molecule has 1 rings (SSSR count). The predicted molar refractivity (Wildman–Crippen MR) is 36.2 cm³/mol. The van der Waals surface area contributed by atoms with E-state index < -0.39 is 17.2 Å². The van der Waals surface area contributed by atoms with Gasteiger partial charge >= 0.3 is 29.6 Å². The Morgan fingerprint density at radius 3 is 1.83 bits per heavy atom. The summed E-state index contributed by atoms with van der Waals surface area (Å²) < 4.78 is 0. The molecule has 0 fully saturated rings. The Morgan fingerprint density at radius 2 is 1.50 bits per heavy atom. The number of aromatic hydroxyl groups is 3. The molecule has 0 amide bonds. The zero-order valence-electron chi connectivity index (χ0n) is 6.40. The van der Waals surface area contributed by atoms with E-state index in [0.29, 0.717) is 0 Å². The molecule has 0 aliphatic rings. The van der Waals surface area contributed by atoms with Crippen LogP contribution in [0.2, 0.25) is 0 Å². The summed E-state index contributed by atoms with van der Waals surface area (Å²) in [6, 6.07) is 2.00. The fourth-order valence-electron chi connectivity index (χ4n) is 0.663. The van der Waals surface area contributed by atoms with Crippen LogP contribution in [0.4, 0.5) is 0 Å². The third kappa shape index (κ3) is 2.14. The monoisotopic (exact) mass is 176 g/mol. The standard InChI is InChI=1S/C7H5O4.Na/c8-3-4-1-5(9)7(11)6(10)2-4;/h1-2,9-11H;/q-1;+1. The fraction of sp³-hybridized carbons (Fsp3) is 0. The smallest absolute Gasteiger partial charge is 0.517 e. The molecule has 0 saturated carbocycles. The van der Waals surface area contributed by atoms with Gasteiger partial charge in [-0.3, -0.25) is 0 Å². The van der Waals surface area contributed by atoms with E-state index in [-0.39, 0.29) is 35.1 Å². The van der Waals surface area contributed by atoms with Crippen molar-refractivity contribution in [2.24, 2.45) is 0 Å². The molecule has 0 bridgehead atoms. The minimum absolute atomic E-state index is 0. The van der Waals surface area contributed by atoms with Gasteiger partial charge in [0.25, 0.3) is 0 Å². The number of hydrogen-bond donors (Lipinski definition) is 3. The third-order valence-electron chi connectivity index (χ3n) is 1.19. The van der Waals surface area contributed by atoms with E-state index in [4.69, 9.17) is 15.3 Å². The molecule has 4 nitrogen and oxygen atoms in total. The summed E-state index contributed by atoms with van der Waals surface area (Å²) in [6.07, 6.45) is 1.45. The summed E-state index contributed by atoms with van der Waals surface area (Å²) >= 11 is 0. The van der Waals surface area contributed by atoms with Crippen molar-refractivity contribution in [3.8, 4) is 17.2 Å². The molecule has 0 radical (unpaired) electrons. The molecule has 0 atom stereocenters. The van der Waals surface area contributed by atoms with Crippen LogP contribution in [-0.4, -0.2) is 21.6 Å². The van der Waals surface area contributed by atoms with Crippen molar-refractivity contribution in [3.05, 3.63) is 17.7 Å². The van der Waals surface area contributed by atoms with Crippen LogP contribution in [0.25, 0.3) is 0 Å². The molecule has 0 heterocycles. The summed E-state index contributed by atoms with van der Waals surface area (Å²) in [6.45, 7) is 0. The molecule has 0 saturated heterocycles. The Kier molecular flexibility index (Phi) is 4.09. The minimum atomic E-state index is -0.635. The summed E-state index contributed by atoms with van der Waals surface area (Å²) in [7, 11) is 0. The Labute approximate surface area is 90.8 Å². The first-order valence-corrected chi connectivity index (χ1v) is 2.78. The molecular formula is C7H5NaO4. The first-order chi connectivity index (χ1) is 5.15. The Balaban J connectivity index is 0.00000121. The normalized spacial score (nSPS) is 8.67. The van der Waals surface area contributed by atoms with Crippen LogP contribution < -0.4 is 29.6 Å². The summed E-state index contributed by atoms with van der Waals surface area (Å²) in [5.41, 5.74) is -0.0159. The second-order valence-corrected chi connectivity index (χ2v) is 1.97. The van der Waals surface area contributed by atoms with Crippen LogP contribution >= 0.6 is 0 Å². The van der Waals surface area contributed by atoms with Gasteiger partial charge < -0.3 is 20.1 Å². The maximum Gasteiger partial charge on any atom is 1.00 e. The Hall–Kier alpha value is -0.710. The largest absolute Gasteiger partial charge is 1.00 e. The van der Waals surface area contributed by atoms with Crippen molar-refractivity contribution in [3.63, 3.8) is 0 Å². The molecule has 0 aliphatic carbocycles. The molecule has 3 N–H and O–H groups in total. The first-order valence-electron chi connectivity index (χ1n) is 2.78. The van der Waals surface area contributed by atoms with Gasteiger partial charge in [0, 0.05) is 0 Å². The van der Waals surface area contributed by atoms with E-state index in [1.165, 1.54) is 6.29 Å². The average Bonchev–Trinajstić information content (AvgIpc) is 1.99. The number of hydrogen-bond acceptors (Lipinski definition) is 4. The van der Waals surface area contributed by atoms with E-state index in [1.807, 2.05) is 0 Å². The Morgan fingerprint density at radius 1 is 1.08 bits per heavy atom. The second-order valence-electron chi connectivity index (χ2n) is 1.97. The zero-order chi connectivity index (χ0) is 8.43. The van der Waals surface area contributed by atoms with Gasteiger partial charge in [0.15, 0.2) is 5.75 Å². The third-order valence-corrected chi connectivity index (χ3v) is 1.19. The van der Waals surface area contributed by atoms with Crippen molar-refractivity contribution in [2.75, 3.05) is 0 Å². The molecule has 0 aromatic heterocycles. The second kappa shape index (κ2) is 4.35. The molecule has 1 aromatic carbocycles. The Bertz CT molecular complexity index is 274. The van der Waals surface area contributed by atoms with Crippen LogP contribution in [0, 0.1) is 0 Å². The van der Waals surface area contributed by atoms with Crippen molar-refractivity contribution in [1.82, 2.24) is 0 Å². The summed E-state index contributed by atoms with van der Waals surface area (Å²) in [5, 5.41) is 26.4. The van der Waals surface area contributed by atoms with Crippen LogP contribution in [0.1, 0.15) is 5.56 Å². The fourth-order valence-corrected chi connectivity index (χ4v) is 0.663. The zero-order valence-corrected chi connectivity index (χ0v) is 8.40. The number of rotatable bonds is 1. The van der Waals surface area contributed by atoms with Crippen molar-refractivity contribution in [2.45, 2.75) is 0 Å². The van der Waals surface area contributed by atoms with E-state index >= 15 is 0 Å². The van der Waals surface area contributed by atoms with Crippen LogP contribution in [0.3, 0.4) is 0 Å². The topological polar surface area (TPSA) is 77.8 Å². The van der Waals surface area contributed by atoms with Crippen LogP contribution in [0.15, 0.2) is 12.1 Å². The maximum atomic E-state index is 9.99. The van der Waals surface area contributed by atoms with Crippen molar-refractivity contribution >= 4 is 6.29 Å². The van der Waals surface area contributed by atoms with Gasteiger partial charge in [-0.05, 0) is 0 Å². The van der Waals surface area contributed by atoms with Gasteiger partial charge in [-0.15, -0.1) is 17.7 Å². The molecule has 0 unspecified atom stereocenters. The quantitative estimate of drug-likeness (QED) is 0.246. The molecule has 0 aliphatic heterocycles. The summed E-state index contributed by atoms with van der Waals surface area (Å²) in [4.78, 5) is 9.99. The molecular weight excluding hydrogens is 171 g/mol. The number of phenols is 3. The van der Waals surface area contributed by atoms with Gasteiger partial charge in [-0.1, -0.05) is 0 Å². The summed E-state index contributed by atoms with van der Waals surface area (Å²) in [5.74, 6) is -1.71. The van der Waals surface area contributed by atoms with Gasteiger partial charge in [-0.25, -0.2) is 0 Å². The van der Waals surface area contributed by atoms with E-state index in [9.17, 15) is 4.79 Å². The molecule has 0 spiro atoms. The van der Waals surface area contributed by atoms with Gasteiger partial charge in [0.2, 0.25) is 0 Å². The van der Waals surface area contributed by atoms with E-state index in [0.717, 1.165) is 12.1 Å². The van der Waals surface area contributed by atoms with Crippen molar-refractivity contribution < 1.29 is 49.7 Å². The van der Waals surface area contributed by atoms with Gasteiger partial charge in [0.05, 0.1) is 6.29 Å². The maximum absolute atomic E-state index is 9.99. The van der Waals surface area contributed by atoms with Crippen LogP contribution in [-0.2, 0) is 4.79 Å². The average molecular weight is 176 g/mol. The molecule has 5 heteroatoms. The first kappa shape index (κ1) is 11.3. The van der Waals surface area contributed by atoms with E-state index in [1.54, 1.807) is 0 Å². The van der Waals surface area contributed by atoms with Crippen molar-refractivity contribution in [1.29, 1.82) is 0 Å².